The van der Waals surface area contributed by atoms with E-state index in [-0.39, 0.29) is 10.9 Å². The fourth-order valence-corrected chi connectivity index (χ4v) is 3.34. The summed E-state index contributed by atoms with van der Waals surface area (Å²) in [6.45, 7) is 1.23. The van der Waals surface area contributed by atoms with Gasteiger partial charge in [-0.25, -0.2) is 0 Å². The Balaban J connectivity index is 2.35. The topological polar surface area (TPSA) is 110 Å². The first-order valence-electron chi connectivity index (χ1n) is 7.10. The van der Waals surface area contributed by atoms with E-state index in [1.165, 1.54) is 13.0 Å². The van der Waals surface area contributed by atoms with Gasteiger partial charge in [0, 0.05) is 14.0 Å². The van der Waals surface area contributed by atoms with E-state index < -0.39 is 44.3 Å². The zero-order chi connectivity index (χ0) is 20.4. The fraction of sp³-hybridized carbons (Fsp3) is 0.286. The average Bonchev–Trinajstić information content (AvgIpc) is 3.09. The van der Waals surface area contributed by atoms with Crippen molar-refractivity contribution in [2.45, 2.75) is 18.3 Å². The molecule has 0 saturated carbocycles. The number of halogens is 3. The number of sulfonamides is 1. The molecule has 2 aromatic rings. The summed E-state index contributed by atoms with van der Waals surface area (Å²) in [5, 5.41) is 1.83. The zero-order valence-corrected chi connectivity index (χ0v) is 15.5. The number of thioether (sulfide) groups is 1. The molecule has 2 rings (SSSR count). The second kappa shape index (κ2) is 7.68. The highest BCUT2D eigenvalue weighted by Gasteiger charge is 2.38. The third-order valence-electron chi connectivity index (χ3n) is 3.19. The number of carbonyl (C=O) groups is 2. The van der Waals surface area contributed by atoms with Crippen molar-refractivity contribution in [1.82, 2.24) is 10.1 Å². The van der Waals surface area contributed by atoms with Gasteiger partial charge in [0.2, 0.25) is 11.6 Å². The molecule has 0 radical (unpaired) electrons. The van der Waals surface area contributed by atoms with Crippen molar-refractivity contribution in [3.8, 4) is 0 Å². The van der Waals surface area contributed by atoms with Gasteiger partial charge in [-0.2, -0.15) is 26.6 Å². The first kappa shape index (κ1) is 20.9. The summed E-state index contributed by atoms with van der Waals surface area (Å²) in [5.41, 5.74) is -1.83. The Kier molecular flexibility index (Phi) is 5.94. The van der Waals surface area contributed by atoms with Crippen molar-refractivity contribution >= 4 is 38.4 Å². The number of Topliss-reactive ketones (excluding diaryl/α,β-unsaturated/α-hetero) is 1. The molecular formula is C14H12F3N3O5S2. The molecule has 1 aromatic carbocycles. The Hall–Kier alpha value is -2.41. The van der Waals surface area contributed by atoms with Gasteiger partial charge in [0.1, 0.15) is 0 Å². The van der Waals surface area contributed by atoms with Crippen molar-refractivity contribution < 1.29 is 35.7 Å². The number of ketones is 1. The van der Waals surface area contributed by atoms with Gasteiger partial charge in [-0.3, -0.25) is 13.9 Å². The minimum absolute atomic E-state index is 0.332. The number of aromatic nitrogens is 2. The Morgan fingerprint density at radius 2 is 1.89 bits per heavy atom. The van der Waals surface area contributed by atoms with E-state index in [1.54, 1.807) is 0 Å². The number of alkyl halides is 3. The highest BCUT2D eigenvalue weighted by Crippen LogP contribution is 2.37. The lowest BCUT2D eigenvalue weighted by Gasteiger charge is -2.21. The van der Waals surface area contributed by atoms with Crippen LogP contribution in [0.25, 0.3) is 0 Å². The van der Waals surface area contributed by atoms with Gasteiger partial charge >= 0.3 is 21.4 Å². The van der Waals surface area contributed by atoms with E-state index in [0.29, 0.717) is 16.1 Å². The van der Waals surface area contributed by atoms with Crippen LogP contribution in [-0.2, 0) is 21.0 Å². The van der Waals surface area contributed by atoms with E-state index in [2.05, 4.69) is 14.7 Å². The van der Waals surface area contributed by atoms with E-state index >= 15 is 0 Å². The average molecular weight is 423 g/mol. The lowest BCUT2D eigenvalue weighted by Crippen LogP contribution is -2.29. The molecule has 27 heavy (non-hydrogen) atoms. The van der Waals surface area contributed by atoms with Crippen molar-refractivity contribution in [2.75, 3.05) is 17.1 Å². The summed E-state index contributed by atoms with van der Waals surface area (Å²) < 4.78 is 69.2. The lowest BCUT2D eigenvalue weighted by molar-refractivity contribution is -0.137. The van der Waals surface area contributed by atoms with Gasteiger partial charge in [0.05, 0.1) is 17.0 Å². The van der Waals surface area contributed by atoms with Crippen LogP contribution in [0.3, 0.4) is 0 Å². The molecule has 146 valence electrons. The summed E-state index contributed by atoms with van der Waals surface area (Å²) in [5.74, 6) is -1.69. The maximum Gasteiger partial charge on any atom is 0.418 e. The molecule has 0 bridgehead atoms. The largest absolute Gasteiger partial charge is 0.418 e. The number of hydrogen-bond acceptors (Lipinski definition) is 8. The van der Waals surface area contributed by atoms with E-state index in [1.807, 2.05) is 0 Å². The van der Waals surface area contributed by atoms with Crippen molar-refractivity contribution in [3.63, 3.8) is 0 Å². The number of anilines is 1. The highest BCUT2D eigenvalue weighted by molar-refractivity contribution is 8.14. The second-order valence-corrected chi connectivity index (χ2v) is 8.07. The van der Waals surface area contributed by atoms with Crippen LogP contribution in [0.2, 0.25) is 0 Å². The molecule has 1 aromatic heterocycles. The zero-order valence-electron chi connectivity index (χ0n) is 13.8. The number of carbonyl (C=O) groups excluding carboxylic acids is 2. The second-order valence-electron chi connectivity index (χ2n) is 5.07. The van der Waals surface area contributed by atoms with Crippen LogP contribution in [0.4, 0.5) is 18.9 Å². The third kappa shape index (κ3) is 4.66. The van der Waals surface area contributed by atoms with Crippen LogP contribution in [0.5, 0.6) is 0 Å². The smallest absolute Gasteiger partial charge is 0.319 e. The summed E-state index contributed by atoms with van der Waals surface area (Å²) in [4.78, 5) is 26.1. The molecule has 0 aliphatic heterocycles. The van der Waals surface area contributed by atoms with Gasteiger partial charge in [-0.1, -0.05) is 29.1 Å². The standard InChI is InChI=1S/C14H12F3N3O5S2/c1-8(21)26-7-11(22)12-18-13(25-19-12)27(23,24)20(2)10-6-4-3-5-9(10)14(15,16)17/h3-6H,7H2,1-2H3. The lowest BCUT2D eigenvalue weighted by atomic mass is 10.2. The number of nitrogens with zero attached hydrogens (tertiary/aromatic N) is 3. The Morgan fingerprint density at radius 1 is 1.26 bits per heavy atom. The summed E-state index contributed by atoms with van der Waals surface area (Å²) in [6.07, 6.45) is -4.79. The number of rotatable bonds is 6. The van der Waals surface area contributed by atoms with Gasteiger partial charge in [-0.15, -0.1) is 0 Å². The van der Waals surface area contributed by atoms with Crippen LogP contribution in [0.15, 0.2) is 34.0 Å². The molecule has 0 aliphatic carbocycles. The van der Waals surface area contributed by atoms with E-state index in [4.69, 9.17) is 0 Å². The van der Waals surface area contributed by atoms with Crippen molar-refractivity contribution in [2.24, 2.45) is 0 Å². The quantitative estimate of drug-likeness (QED) is 0.652. The summed E-state index contributed by atoms with van der Waals surface area (Å²) in [7, 11) is -3.77. The Morgan fingerprint density at radius 3 is 2.48 bits per heavy atom. The number of hydrogen-bond donors (Lipinski definition) is 0. The van der Waals surface area contributed by atoms with Crippen LogP contribution in [-0.4, -0.2) is 42.3 Å². The van der Waals surface area contributed by atoms with Crippen LogP contribution in [0, 0.1) is 0 Å². The van der Waals surface area contributed by atoms with Gasteiger partial charge in [-0.05, 0) is 12.1 Å². The minimum Gasteiger partial charge on any atom is -0.319 e. The van der Waals surface area contributed by atoms with E-state index in [0.717, 1.165) is 25.2 Å². The van der Waals surface area contributed by atoms with Crippen LogP contribution in [0.1, 0.15) is 23.1 Å². The minimum atomic E-state index is -4.79. The fourth-order valence-electron chi connectivity index (χ4n) is 1.89. The molecule has 8 nitrogen and oxygen atoms in total. The van der Waals surface area contributed by atoms with Crippen molar-refractivity contribution in [1.29, 1.82) is 0 Å². The molecule has 0 N–H and O–H groups in total. The monoisotopic (exact) mass is 423 g/mol. The van der Waals surface area contributed by atoms with Crippen LogP contribution >= 0.6 is 11.8 Å². The van der Waals surface area contributed by atoms with Gasteiger partial charge in [0.15, 0.2) is 5.12 Å². The van der Waals surface area contributed by atoms with Crippen molar-refractivity contribution in [3.05, 3.63) is 35.7 Å². The number of benzene rings is 1. The highest BCUT2D eigenvalue weighted by atomic mass is 32.2. The maximum absolute atomic E-state index is 13.1. The van der Waals surface area contributed by atoms with Gasteiger partial charge in [0.25, 0.3) is 0 Å². The van der Waals surface area contributed by atoms with E-state index in [9.17, 15) is 31.2 Å². The Labute approximate surface area is 155 Å². The normalized spacial score (nSPS) is 12.0. The molecular weight excluding hydrogens is 411 g/mol. The maximum atomic E-state index is 13.1. The molecule has 0 saturated heterocycles. The Bertz CT molecular complexity index is 972. The third-order valence-corrected chi connectivity index (χ3v) is 5.53. The predicted molar refractivity (Wildman–Crippen MR) is 88.8 cm³/mol. The SMILES string of the molecule is CC(=O)SCC(=O)c1noc(S(=O)(=O)N(C)c2ccccc2C(F)(F)F)n1. The molecule has 0 amide bonds. The molecule has 0 aliphatic rings. The molecule has 1 heterocycles. The molecule has 0 spiro atoms. The number of para-hydroxylation sites is 1. The predicted octanol–water partition coefficient (Wildman–Crippen LogP) is 2.38. The molecule has 0 unspecified atom stereocenters. The summed E-state index contributed by atoms with van der Waals surface area (Å²) >= 11 is 0.664. The molecule has 13 heteroatoms. The van der Waals surface area contributed by atoms with Gasteiger partial charge < -0.3 is 4.52 Å². The van der Waals surface area contributed by atoms with Crippen LogP contribution < -0.4 is 4.31 Å². The molecule has 0 fully saturated rings. The first-order chi connectivity index (χ1) is 12.4. The summed E-state index contributed by atoms with van der Waals surface area (Å²) in [6, 6.07) is 4.04. The molecule has 0 atom stereocenters. The first-order valence-corrected chi connectivity index (χ1v) is 9.52.